The lowest BCUT2D eigenvalue weighted by atomic mass is 10.3. The first kappa shape index (κ1) is 8.80. The predicted octanol–water partition coefficient (Wildman–Crippen LogP) is 0.357. The van der Waals surface area contributed by atoms with Crippen LogP contribution in [0.25, 0.3) is 0 Å². The Morgan fingerprint density at radius 1 is 1.83 bits per heavy atom. The van der Waals surface area contributed by atoms with Crippen molar-refractivity contribution in [1.82, 2.24) is 5.32 Å². The number of rotatable bonds is 3. The molecule has 0 aliphatic heterocycles. The van der Waals surface area contributed by atoms with E-state index >= 15 is 0 Å². The number of furan rings is 1. The molecule has 0 aliphatic carbocycles. The summed E-state index contributed by atoms with van der Waals surface area (Å²) in [5.74, 6) is 0.0910. The van der Waals surface area contributed by atoms with Gasteiger partial charge in [0.15, 0.2) is 5.76 Å². The lowest BCUT2D eigenvalue weighted by molar-refractivity contribution is 0.0913. The molecule has 4 nitrogen and oxygen atoms in total. The van der Waals surface area contributed by atoms with Crippen molar-refractivity contribution in [3.05, 3.63) is 24.2 Å². The SMILES string of the molecule is CC(CN)NC(=O)c1ccco1. The predicted molar refractivity (Wildman–Crippen MR) is 44.7 cm³/mol. The topological polar surface area (TPSA) is 68.3 Å². The van der Waals surface area contributed by atoms with Crippen LogP contribution in [0.2, 0.25) is 0 Å². The summed E-state index contributed by atoms with van der Waals surface area (Å²) in [5, 5.41) is 2.67. The molecule has 1 atom stereocenters. The molecule has 0 fully saturated rings. The lowest BCUT2D eigenvalue weighted by Crippen LogP contribution is -2.37. The van der Waals surface area contributed by atoms with E-state index in [1.54, 1.807) is 12.1 Å². The minimum absolute atomic E-state index is 0.0254. The van der Waals surface area contributed by atoms with Crippen LogP contribution in [0.15, 0.2) is 22.8 Å². The average Bonchev–Trinajstić information content (AvgIpc) is 2.56. The fourth-order valence-corrected chi connectivity index (χ4v) is 0.762. The van der Waals surface area contributed by atoms with Gasteiger partial charge in [0.25, 0.3) is 5.91 Å². The Hall–Kier alpha value is -1.29. The Morgan fingerprint density at radius 3 is 3.08 bits per heavy atom. The maximum atomic E-state index is 11.2. The summed E-state index contributed by atoms with van der Waals surface area (Å²) in [7, 11) is 0. The van der Waals surface area contributed by atoms with Gasteiger partial charge in [-0.05, 0) is 19.1 Å². The largest absolute Gasteiger partial charge is 0.459 e. The van der Waals surface area contributed by atoms with Crippen LogP contribution < -0.4 is 11.1 Å². The highest BCUT2D eigenvalue weighted by Gasteiger charge is 2.09. The molecule has 1 aromatic rings. The van der Waals surface area contributed by atoms with Gasteiger partial charge in [0, 0.05) is 12.6 Å². The summed E-state index contributed by atoms with van der Waals surface area (Å²) >= 11 is 0. The van der Waals surface area contributed by atoms with Crippen molar-refractivity contribution in [1.29, 1.82) is 0 Å². The summed E-state index contributed by atoms with van der Waals surface area (Å²) in [6, 6.07) is 3.25. The number of carbonyl (C=O) groups excluding carboxylic acids is 1. The second kappa shape index (κ2) is 3.92. The van der Waals surface area contributed by atoms with Crippen molar-refractivity contribution in [3.8, 4) is 0 Å². The maximum Gasteiger partial charge on any atom is 0.287 e. The van der Waals surface area contributed by atoms with Gasteiger partial charge in [0.2, 0.25) is 0 Å². The van der Waals surface area contributed by atoms with Gasteiger partial charge >= 0.3 is 0 Å². The van der Waals surface area contributed by atoms with Gasteiger partial charge in [-0.3, -0.25) is 4.79 Å². The number of hydrogen-bond donors (Lipinski definition) is 2. The normalized spacial score (nSPS) is 12.5. The zero-order valence-electron chi connectivity index (χ0n) is 6.91. The van der Waals surface area contributed by atoms with Gasteiger partial charge in [-0.25, -0.2) is 0 Å². The summed E-state index contributed by atoms with van der Waals surface area (Å²) in [5.41, 5.74) is 5.33. The molecule has 0 spiro atoms. The lowest BCUT2D eigenvalue weighted by Gasteiger charge is -2.08. The molecule has 1 heterocycles. The Labute approximate surface area is 70.7 Å². The van der Waals surface area contributed by atoms with E-state index in [1.807, 2.05) is 6.92 Å². The molecule has 66 valence electrons. The molecule has 1 amide bonds. The molecule has 0 saturated carbocycles. The molecule has 1 rings (SSSR count). The molecular weight excluding hydrogens is 156 g/mol. The second-order valence-electron chi connectivity index (χ2n) is 2.59. The van der Waals surface area contributed by atoms with Gasteiger partial charge < -0.3 is 15.5 Å². The van der Waals surface area contributed by atoms with Gasteiger partial charge in [0.1, 0.15) is 0 Å². The Bertz CT molecular complexity index is 244. The van der Waals surface area contributed by atoms with Crippen LogP contribution in [0, 0.1) is 0 Å². The molecular formula is C8H12N2O2. The fourth-order valence-electron chi connectivity index (χ4n) is 0.762. The van der Waals surface area contributed by atoms with E-state index in [-0.39, 0.29) is 11.9 Å². The highest BCUT2D eigenvalue weighted by atomic mass is 16.3. The zero-order chi connectivity index (χ0) is 8.97. The van der Waals surface area contributed by atoms with Crippen LogP contribution in [0.5, 0.6) is 0 Å². The van der Waals surface area contributed by atoms with E-state index < -0.39 is 0 Å². The van der Waals surface area contributed by atoms with Crippen molar-refractivity contribution in [3.63, 3.8) is 0 Å². The van der Waals surface area contributed by atoms with Crippen molar-refractivity contribution < 1.29 is 9.21 Å². The van der Waals surface area contributed by atoms with Gasteiger partial charge in [0.05, 0.1) is 6.26 Å². The van der Waals surface area contributed by atoms with Crippen LogP contribution in [-0.2, 0) is 0 Å². The van der Waals surface area contributed by atoms with Crippen LogP contribution >= 0.6 is 0 Å². The molecule has 1 aromatic heterocycles. The quantitative estimate of drug-likeness (QED) is 0.684. The fraction of sp³-hybridized carbons (Fsp3) is 0.375. The number of carbonyl (C=O) groups is 1. The summed E-state index contributed by atoms with van der Waals surface area (Å²) in [4.78, 5) is 11.2. The molecule has 0 aliphatic rings. The number of hydrogen-bond acceptors (Lipinski definition) is 3. The summed E-state index contributed by atoms with van der Waals surface area (Å²) in [6.45, 7) is 2.26. The first-order chi connectivity index (χ1) is 5.74. The molecule has 0 saturated heterocycles. The minimum atomic E-state index is -0.224. The molecule has 0 bridgehead atoms. The Balaban J connectivity index is 2.50. The van der Waals surface area contributed by atoms with E-state index in [2.05, 4.69) is 5.32 Å². The zero-order valence-corrected chi connectivity index (χ0v) is 6.91. The van der Waals surface area contributed by atoms with Gasteiger partial charge in [-0.2, -0.15) is 0 Å². The van der Waals surface area contributed by atoms with E-state index in [0.717, 1.165) is 0 Å². The highest BCUT2D eigenvalue weighted by Crippen LogP contribution is 1.99. The number of amides is 1. The van der Waals surface area contributed by atoms with Crippen LogP contribution in [0.1, 0.15) is 17.5 Å². The maximum absolute atomic E-state index is 11.2. The Kier molecular flexibility index (Phi) is 2.88. The van der Waals surface area contributed by atoms with Crippen molar-refractivity contribution >= 4 is 5.91 Å². The Morgan fingerprint density at radius 2 is 2.58 bits per heavy atom. The van der Waals surface area contributed by atoms with E-state index in [1.165, 1.54) is 6.26 Å². The van der Waals surface area contributed by atoms with E-state index in [9.17, 15) is 4.79 Å². The number of nitrogens with two attached hydrogens (primary N) is 1. The smallest absolute Gasteiger partial charge is 0.287 e. The van der Waals surface area contributed by atoms with E-state index in [4.69, 9.17) is 10.2 Å². The van der Waals surface area contributed by atoms with E-state index in [0.29, 0.717) is 12.3 Å². The standard InChI is InChI=1S/C8H12N2O2/c1-6(5-9)10-8(11)7-3-2-4-12-7/h2-4,6H,5,9H2,1H3,(H,10,11). The third kappa shape index (κ3) is 2.10. The van der Waals surface area contributed by atoms with Gasteiger partial charge in [-0.15, -0.1) is 0 Å². The van der Waals surface area contributed by atoms with Gasteiger partial charge in [-0.1, -0.05) is 0 Å². The molecule has 0 aromatic carbocycles. The molecule has 4 heteroatoms. The first-order valence-corrected chi connectivity index (χ1v) is 3.78. The van der Waals surface area contributed by atoms with Crippen molar-refractivity contribution in [2.75, 3.05) is 6.54 Å². The molecule has 0 radical (unpaired) electrons. The summed E-state index contributed by atoms with van der Waals surface area (Å²) in [6.07, 6.45) is 1.46. The van der Waals surface area contributed by atoms with Crippen LogP contribution in [0.3, 0.4) is 0 Å². The van der Waals surface area contributed by atoms with Crippen LogP contribution in [-0.4, -0.2) is 18.5 Å². The highest BCUT2D eigenvalue weighted by molar-refractivity contribution is 5.91. The monoisotopic (exact) mass is 168 g/mol. The third-order valence-electron chi connectivity index (χ3n) is 1.48. The minimum Gasteiger partial charge on any atom is -0.459 e. The second-order valence-corrected chi connectivity index (χ2v) is 2.59. The number of nitrogens with one attached hydrogen (secondary N) is 1. The molecule has 3 N–H and O–H groups in total. The van der Waals surface area contributed by atoms with Crippen molar-refractivity contribution in [2.24, 2.45) is 5.73 Å². The summed E-state index contributed by atoms with van der Waals surface area (Å²) < 4.78 is 4.89. The average molecular weight is 168 g/mol. The van der Waals surface area contributed by atoms with Crippen LogP contribution in [0.4, 0.5) is 0 Å². The first-order valence-electron chi connectivity index (χ1n) is 3.78. The molecule has 12 heavy (non-hydrogen) atoms. The molecule has 1 unspecified atom stereocenters. The van der Waals surface area contributed by atoms with Crippen molar-refractivity contribution in [2.45, 2.75) is 13.0 Å². The third-order valence-corrected chi connectivity index (χ3v) is 1.48.